The second-order valence-corrected chi connectivity index (χ2v) is 26.1. The van der Waals surface area contributed by atoms with Crippen LogP contribution in [0.4, 0.5) is 0 Å². The Balaban J connectivity index is 0.888. The quantitative estimate of drug-likeness (QED) is 0.211. The number of rotatable bonds is 6. The van der Waals surface area contributed by atoms with E-state index in [1.807, 2.05) is 0 Å². The highest BCUT2D eigenvalue weighted by Crippen LogP contribution is 2.60. The number of hydrogen-bond donors (Lipinski definition) is 0. The Labute approximate surface area is 362 Å². The molecule has 1 radical (unpaired) electrons. The number of morpholine rings is 2. The summed E-state index contributed by atoms with van der Waals surface area (Å²) in [5.41, 5.74) is 4.25. The van der Waals surface area contributed by atoms with Crippen LogP contribution in [0.15, 0.2) is 18.2 Å². The van der Waals surface area contributed by atoms with Crippen molar-refractivity contribution in [2.45, 2.75) is 241 Å². The van der Waals surface area contributed by atoms with E-state index in [1.54, 1.807) is 11.1 Å². The van der Waals surface area contributed by atoms with Crippen molar-refractivity contribution in [3.05, 3.63) is 29.3 Å². The minimum absolute atomic E-state index is 0.0357. The van der Waals surface area contributed by atoms with E-state index in [0.29, 0.717) is 60.4 Å². The summed E-state index contributed by atoms with van der Waals surface area (Å²) in [5, 5.41) is -0.0357. The molecule has 4 aliphatic heterocycles. The summed E-state index contributed by atoms with van der Waals surface area (Å²) >= 11 is 0. The van der Waals surface area contributed by atoms with Gasteiger partial charge in [0.1, 0.15) is 0 Å². The second-order valence-electron chi connectivity index (χ2n) is 24.6. The molecule has 11 rings (SSSR count). The van der Waals surface area contributed by atoms with Crippen molar-refractivity contribution in [3.8, 4) is 0 Å². The van der Waals surface area contributed by atoms with E-state index in [4.69, 9.17) is 14.1 Å². The zero-order chi connectivity index (χ0) is 40.7. The predicted octanol–water partition coefficient (Wildman–Crippen LogP) is 10.3. The van der Waals surface area contributed by atoms with Crippen molar-refractivity contribution in [2.24, 2.45) is 47.3 Å². The van der Waals surface area contributed by atoms with E-state index in [2.05, 4.69) is 100 Å². The molecule has 10 fully saturated rings. The zero-order valence-corrected chi connectivity index (χ0v) is 39.5. The Hall–Kier alpha value is -0.485. The fourth-order valence-corrected chi connectivity index (χ4v) is 16.7. The number of ether oxygens (including phenoxy) is 2. The average molecular weight is 824 g/mol. The first kappa shape index (κ1) is 41.2. The van der Waals surface area contributed by atoms with E-state index in [0.717, 1.165) is 59.4 Å². The molecular formula is C52H81BN2O3P. The van der Waals surface area contributed by atoms with Gasteiger partial charge in [-0.25, -0.2) is 0 Å². The van der Waals surface area contributed by atoms with Gasteiger partial charge < -0.3 is 14.1 Å². The third kappa shape index (κ3) is 7.05. The molecule has 10 aliphatic rings. The summed E-state index contributed by atoms with van der Waals surface area (Å²) in [7, 11) is 5.21. The maximum atomic E-state index is 7.16. The lowest BCUT2D eigenvalue weighted by Gasteiger charge is -2.55. The van der Waals surface area contributed by atoms with Crippen LogP contribution in [0.2, 0.25) is 0 Å². The van der Waals surface area contributed by atoms with Crippen LogP contribution < -0.4 is 5.46 Å². The minimum Gasteiger partial charge on any atom is -0.429 e. The Morgan fingerprint density at radius 3 is 1.42 bits per heavy atom. The molecule has 4 saturated heterocycles. The lowest BCUT2D eigenvalue weighted by Crippen LogP contribution is -2.64. The van der Waals surface area contributed by atoms with Gasteiger partial charge in [-0.2, -0.15) is 0 Å². The van der Waals surface area contributed by atoms with Gasteiger partial charge in [-0.05, 0) is 187 Å². The highest BCUT2D eigenvalue weighted by atomic mass is 31.0. The summed E-state index contributed by atoms with van der Waals surface area (Å²) in [6, 6.07) is 12.1. The highest BCUT2D eigenvalue weighted by Gasteiger charge is 2.63. The van der Waals surface area contributed by atoms with Crippen LogP contribution in [-0.2, 0) is 14.1 Å². The summed E-state index contributed by atoms with van der Waals surface area (Å²) in [6.45, 7) is 19.1. The van der Waals surface area contributed by atoms with E-state index in [9.17, 15) is 0 Å². The zero-order valence-electron chi connectivity index (χ0n) is 38.4. The molecule has 6 aliphatic carbocycles. The molecule has 5 nitrogen and oxygen atoms in total. The highest BCUT2D eigenvalue weighted by molar-refractivity contribution is 7.19. The molecule has 4 heterocycles. The molecule has 1 aromatic rings. The first-order valence-corrected chi connectivity index (χ1v) is 26.1. The van der Waals surface area contributed by atoms with Crippen molar-refractivity contribution < 1.29 is 14.1 Å². The normalized spacial score (nSPS) is 49.5. The smallest absolute Gasteiger partial charge is 0.330 e. The molecule has 0 bridgehead atoms. The molecule has 0 aromatic heterocycles. The van der Waals surface area contributed by atoms with Crippen molar-refractivity contribution in [1.82, 2.24) is 9.80 Å². The second kappa shape index (κ2) is 15.3. The molecule has 21 unspecified atom stereocenters. The number of fused-ring (bicyclic) bond motifs is 10. The Kier molecular flexibility index (Phi) is 10.7. The third-order valence-corrected chi connectivity index (χ3v) is 20.7. The molecule has 0 N–H and O–H groups in total. The lowest BCUT2D eigenvalue weighted by atomic mass is 9.65. The van der Waals surface area contributed by atoms with E-state index in [1.165, 1.54) is 108 Å². The molecule has 21 atom stereocenters. The van der Waals surface area contributed by atoms with Crippen molar-refractivity contribution in [3.63, 3.8) is 0 Å². The Morgan fingerprint density at radius 1 is 0.525 bits per heavy atom. The number of benzene rings is 1. The van der Waals surface area contributed by atoms with Crippen LogP contribution in [0.5, 0.6) is 0 Å². The van der Waals surface area contributed by atoms with E-state index in [-0.39, 0.29) is 10.8 Å². The van der Waals surface area contributed by atoms with Gasteiger partial charge in [-0.3, -0.25) is 9.80 Å². The molecule has 1 aromatic carbocycles. The molecule has 59 heavy (non-hydrogen) atoms. The van der Waals surface area contributed by atoms with Crippen molar-refractivity contribution in [1.29, 1.82) is 0 Å². The fourth-order valence-electron chi connectivity index (χ4n) is 16.7. The van der Waals surface area contributed by atoms with Crippen LogP contribution in [0.3, 0.4) is 0 Å². The molecule has 7 heteroatoms. The van der Waals surface area contributed by atoms with E-state index >= 15 is 0 Å². The average Bonchev–Trinajstić information content (AvgIpc) is 3.69. The maximum absolute atomic E-state index is 7.16. The van der Waals surface area contributed by atoms with Crippen molar-refractivity contribution >= 4 is 22.2 Å². The monoisotopic (exact) mass is 824 g/mol. The van der Waals surface area contributed by atoms with Crippen molar-refractivity contribution in [2.75, 3.05) is 0 Å². The standard InChI is InChI=1S/C52H81BN2O3P/c1-28-9-13-43-45(19-28)56-47-21-30(3)17-39-37-26-32(11-15-41(37)54(43)49(39)47)34-23-35(25-36(24-34)53-58-51(5,6)52(7,8)59)33-12-16-42-38(27-33)40-18-31(4)22-48-50(40)55(42)44-14-10-29(2)20-46(44)57-48/h23-25,28-33,37-50H,9-22,26-27,59H2,1-8H3. The van der Waals surface area contributed by atoms with Crippen LogP contribution in [0.1, 0.15) is 181 Å². The fraction of sp³-hybridized carbons (Fsp3) is 0.885. The Morgan fingerprint density at radius 2 is 0.966 bits per heavy atom. The third-order valence-electron chi connectivity index (χ3n) is 20.0. The minimum atomic E-state index is -0.288. The topological polar surface area (TPSA) is 34.2 Å². The summed E-state index contributed by atoms with van der Waals surface area (Å²) < 4.78 is 21.1. The molecule has 0 spiro atoms. The summed E-state index contributed by atoms with van der Waals surface area (Å²) in [6.07, 6.45) is 23.3. The van der Waals surface area contributed by atoms with Gasteiger partial charge in [0.2, 0.25) is 0 Å². The van der Waals surface area contributed by atoms with Crippen LogP contribution in [-0.4, -0.2) is 88.7 Å². The van der Waals surface area contributed by atoms with Gasteiger partial charge in [0.25, 0.3) is 0 Å². The Bertz CT molecular complexity index is 1610. The summed E-state index contributed by atoms with van der Waals surface area (Å²) in [4.78, 5) is 6.31. The van der Waals surface area contributed by atoms with Gasteiger partial charge >= 0.3 is 7.48 Å². The van der Waals surface area contributed by atoms with Gasteiger partial charge in [0.05, 0.1) is 30.0 Å². The molecule has 0 amide bonds. The van der Waals surface area contributed by atoms with Crippen LogP contribution >= 0.6 is 9.24 Å². The number of hydrogen-bond acceptors (Lipinski definition) is 5. The van der Waals surface area contributed by atoms with E-state index < -0.39 is 0 Å². The predicted molar refractivity (Wildman–Crippen MR) is 244 cm³/mol. The first-order chi connectivity index (χ1) is 28.2. The van der Waals surface area contributed by atoms with Crippen LogP contribution in [0, 0.1) is 47.3 Å². The SMILES string of the molecule is CC1CCC2C(C1)OC1CC(C)CC3C4CC(c5cc([B]OC(C)(C)C(C)(C)P)cc(C6CCC7C(C6)C6CC(C)CC8OC9CC(C)CCC9N7C86)c5)CCC4N2C13. The molecular weight excluding hydrogens is 742 g/mol. The van der Waals surface area contributed by atoms with Gasteiger partial charge in [-0.1, -0.05) is 65.2 Å². The molecule has 325 valence electrons. The van der Waals surface area contributed by atoms with Gasteiger partial charge in [0, 0.05) is 41.4 Å². The summed E-state index contributed by atoms with van der Waals surface area (Å²) in [5.74, 6) is 7.64. The van der Waals surface area contributed by atoms with Crippen LogP contribution in [0.25, 0.3) is 0 Å². The maximum Gasteiger partial charge on any atom is 0.330 e. The van der Waals surface area contributed by atoms with Gasteiger partial charge in [-0.15, -0.1) is 9.24 Å². The number of nitrogens with zero attached hydrogens (tertiary/aromatic N) is 2. The largest absolute Gasteiger partial charge is 0.429 e. The first-order valence-electron chi connectivity index (χ1n) is 25.5. The lowest BCUT2D eigenvalue weighted by molar-refractivity contribution is -0.187. The molecule has 6 saturated carbocycles. The van der Waals surface area contributed by atoms with Gasteiger partial charge in [0.15, 0.2) is 0 Å².